The first-order chi connectivity index (χ1) is 16.8. The molecule has 0 radical (unpaired) electrons. The van der Waals surface area contributed by atoms with E-state index in [0.717, 1.165) is 0 Å². The number of primary amides is 1. The van der Waals surface area contributed by atoms with Crippen LogP contribution in [-0.4, -0.2) is 94.6 Å². The van der Waals surface area contributed by atoms with Crippen molar-refractivity contribution < 1.29 is 34.2 Å². The van der Waals surface area contributed by atoms with Gasteiger partial charge in [-0.3, -0.25) is 24.2 Å². The minimum Gasteiger partial charge on any atom is -0.480 e. The molecule has 0 rings (SSSR count). The summed E-state index contributed by atoms with van der Waals surface area (Å²) in [5.74, 6) is -4.11. The lowest BCUT2D eigenvalue weighted by atomic mass is 10.1. The number of carbonyl (C=O) groups excluding carboxylic acids is 4. The molecule has 0 saturated carbocycles. The maximum Gasteiger partial charge on any atom is 0.328 e. The highest BCUT2D eigenvalue weighted by Gasteiger charge is 2.31. The van der Waals surface area contributed by atoms with Gasteiger partial charge in [-0.1, -0.05) is 0 Å². The molecule has 13 N–H and O–H groups in total. The number of nitrogens with two attached hydrogens (primary N) is 4. The van der Waals surface area contributed by atoms with Crippen molar-refractivity contribution in [2.45, 2.75) is 69.3 Å². The molecule has 16 heteroatoms. The van der Waals surface area contributed by atoms with Crippen LogP contribution >= 0.6 is 11.8 Å². The number of rotatable bonds is 18. The molecular formula is C20H38N8O7S. The summed E-state index contributed by atoms with van der Waals surface area (Å²) in [4.78, 5) is 64.5. The second-order valence-electron chi connectivity index (χ2n) is 8.03. The Labute approximate surface area is 213 Å². The van der Waals surface area contributed by atoms with Crippen LogP contribution in [0.25, 0.3) is 0 Å². The van der Waals surface area contributed by atoms with Crippen molar-refractivity contribution in [2.75, 3.05) is 18.6 Å². The summed E-state index contributed by atoms with van der Waals surface area (Å²) in [5, 5.41) is 25.9. The maximum absolute atomic E-state index is 13.0. The number of thioether (sulfide) groups is 1. The van der Waals surface area contributed by atoms with E-state index in [1.165, 1.54) is 18.7 Å². The van der Waals surface area contributed by atoms with E-state index >= 15 is 0 Å². The Morgan fingerprint density at radius 2 is 1.47 bits per heavy atom. The lowest BCUT2D eigenvalue weighted by Crippen LogP contribution is -2.58. The molecule has 0 fully saturated rings. The van der Waals surface area contributed by atoms with E-state index in [1.54, 1.807) is 6.26 Å². The number of carbonyl (C=O) groups is 5. The van der Waals surface area contributed by atoms with Crippen LogP contribution in [0.5, 0.6) is 0 Å². The van der Waals surface area contributed by atoms with E-state index in [1.807, 2.05) is 0 Å². The number of aliphatic carboxylic acids is 1. The SMILES string of the molecule is CSCCC(NC(=O)C(N)CCCN=C(N)N)C(=O)NC(CCC(N)=O)C(=O)NC(C(=O)O)C(C)O. The highest BCUT2D eigenvalue weighted by molar-refractivity contribution is 7.98. The van der Waals surface area contributed by atoms with E-state index in [2.05, 4.69) is 20.9 Å². The van der Waals surface area contributed by atoms with Crippen molar-refractivity contribution in [3.63, 3.8) is 0 Å². The molecule has 0 saturated heterocycles. The number of hydrogen-bond acceptors (Lipinski definition) is 9. The fourth-order valence-corrected chi connectivity index (χ4v) is 3.38. The van der Waals surface area contributed by atoms with Gasteiger partial charge in [0, 0.05) is 13.0 Å². The first-order valence-corrected chi connectivity index (χ1v) is 12.6. The van der Waals surface area contributed by atoms with Crippen LogP contribution in [0.15, 0.2) is 4.99 Å². The van der Waals surface area contributed by atoms with Gasteiger partial charge in [0.05, 0.1) is 12.1 Å². The molecule has 206 valence electrons. The number of guanidine groups is 1. The summed E-state index contributed by atoms with van der Waals surface area (Å²) in [6.45, 7) is 1.45. The average molecular weight is 535 g/mol. The number of nitrogens with zero attached hydrogens (tertiary/aromatic N) is 1. The van der Waals surface area contributed by atoms with Gasteiger partial charge >= 0.3 is 5.97 Å². The van der Waals surface area contributed by atoms with Gasteiger partial charge < -0.3 is 49.1 Å². The molecule has 4 amide bonds. The highest BCUT2D eigenvalue weighted by Crippen LogP contribution is 2.06. The van der Waals surface area contributed by atoms with Crippen molar-refractivity contribution >= 4 is 47.3 Å². The van der Waals surface area contributed by atoms with Crippen molar-refractivity contribution in [1.29, 1.82) is 0 Å². The van der Waals surface area contributed by atoms with E-state index in [9.17, 15) is 34.2 Å². The fraction of sp³-hybridized carbons (Fsp3) is 0.700. The number of amides is 4. The van der Waals surface area contributed by atoms with Crippen molar-refractivity contribution in [3.8, 4) is 0 Å². The Kier molecular flexibility index (Phi) is 15.8. The molecule has 0 aromatic heterocycles. The Morgan fingerprint density at radius 1 is 0.917 bits per heavy atom. The van der Waals surface area contributed by atoms with Crippen molar-refractivity contribution in [1.82, 2.24) is 16.0 Å². The minimum atomic E-state index is -1.64. The quantitative estimate of drug-likeness (QED) is 0.0468. The number of aliphatic hydroxyl groups is 1. The Bertz CT molecular complexity index is 792. The summed E-state index contributed by atoms with van der Waals surface area (Å²) in [7, 11) is 0. The number of nitrogens with one attached hydrogen (secondary N) is 3. The molecule has 0 bridgehead atoms. The monoisotopic (exact) mass is 534 g/mol. The molecule has 0 aromatic rings. The van der Waals surface area contributed by atoms with Gasteiger partial charge in [-0.15, -0.1) is 0 Å². The number of hydrogen-bond donors (Lipinski definition) is 9. The predicted molar refractivity (Wildman–Crippen MR) is 134 cm³/mol. The predicted octanol–water partition coefficient (Wildman–Crippen LogP) is -3.69. The Morgan fingerprint density at radius 3 is 1.97 bits per heavy atom. The first kappa shape index (κ1) is 32.9. The van der Waals surface area contributed by atoms with E-state index < -0.39 is 59.9 Å². The van der Waals surface area contributed by atoms with Crippen LogP contribution in [-0.2, 0) is 24.0 Å². The highest BCUT2D eigenvalue weighted by atomic mass is 32.2. The lowest BCUT2D eigenvalue weighted by Gasteiger charge is -2.25. The lowest BCUT2D eigenvalue weighted by molar-refractivity contribution is -0.145. The summed E-state index contributed by atoms with van der Waals surface area (Å²) < 4.78 is 0. The van der Waals surface area contributed by atoms with Crippen LogP contribution in [0, 0.1) is 0 Å². The molecule has 36 heavy (non-hydrogen) atoms. The fourth-order valence-electron chi connectivity index (χ4n) is 2.90. The number of aliphatic hydroxyl groups excluding tert-OH is 1. The van der Waals surface area contributed by atoms with Crippen LogP contribution in [0.4, 0.5) is 0 Å². The average Bonchev–Trinajstić information content (AvgIpc) is 2.78. The number of carboxylic acid groups (broad SMARTS) is 1. The van der Waals surface area contributed by atoms with Crippen LogP contribution in [0.2, 0.25) is 0 Å². The zero-order valence-corrected chi connectivity index (χ0v) is 21.3. The topological polar surface area (TPSA) is 278 Å². The van der Waals surface area contributed by atoms with Gasteiger partial charge in [0.2, 0.25) is 23.6 Å². The third-order valence-corrected chi connectivity index (χ3v) is 5.55. The van der Waals surface area contributed by atoms with Gasteiger partial charge in [0.15, 0.2) is 12.0 Å². The summed E-state index contributed by atoms with van der Waals surface area (Å²) in [6.07, 6.45) is 0.740. The zero-order valence-electron chi connectivity index (χ0n) is 20.4. The molecule has 0 spiro atoms. The smallest absolute Gasteiger partial charge is 0.328 e. The second kappa shape index (κ2) is 17.3. The molecule has 5 unspecified atom stereocenters. The van der Waals surface area contributed by atoms with E-state index in [0.29, 0.717) is 12.2 Å². The third-order valence-electron chi connectivity index (χ3n) is 4.91. The number of carboxylic acids is 1. The van der Waals surface area contributed by atoms with Crippen LogP contribution < -0.4 is 38.9 Å². The van der Waals surface area contributed by atoms with Crippen molar-refractivity contribution in [3.05, 3.63) is 0 Å². The molecule has 0 aromatic carbocycles. The molecular weight excluding hydrogens is 496 g/mol. The largest absolute Gasteiger partial charge is 0.480 e. The zero-order chi connectivity index (χ0) is 27.8. The molecule has 0 aliphatic heterocycles. The number of aliphatic imine (C=N–C) groups is 1. The molecule has 0 heterocycles. The van der Waals surface area contributed by atoms with Crippen LogP contribution in [0.1, 0.15) is 39.0 Å². The minimum absolute atomic E-state index is 0.0835. The van der Waals surface area contributed by atoms with Gasteiger partial charge in [0.1, 0.15) is 12.1 Å². The van der Waals surface area contributed by atoms with Gasteiger partial charge in [-0.2, -0.15) is 11.8 Å². The van der Waals surface area contributed by atoms with Crippen LogP contribution in [0.3, 0.4) is 0 Å². The summed E-state index contributed by atoms with van der Waals surface area (Å²) in [5.41, 5.74) is 21.5. The van der Waals surface area contributed by atoms with E-state index in [-0.39, 0.29) is 38.2 Å². The van der Waals surface area contributed by atoms with Crippen molar-refractivity contribution in [2.24, 2.45) is 27.9 Å². The summed E-state index contributed by atoms with van der Waals surface area (Å²) in [6, 6.07) is -5.01. The standard InChI is InChI=1S/C20H38N8O7S/c1-10(29)15(19(34)35)28-18(33)12(5-6-14(22)30)27-17(32)13(7-9-36-2)26-16(31)11(21)4-3-8-25-20(23)24/h10-13,15,29H,3-9,21H2,1-2H3,(H2,22,30)(H,26,31)(H,27,32)(H,28,33)(H,34,35)(H4,23,24,25). The van der Waals surface area contributed by atoms with Gasteiger partial charge in [-0.05, 0) is 44.6 Å². The maximum atomic E-state index is 13.0. The second-order valence-corrected chi connectivity index (χ2v) is 9.01. The molecule has 5 atom stereocenters. The summed E-state index contributed by atoms with van der Waals surface area (Å²) >= 11 is 1.42. The van der Waals surface area contributed by atoms with Gasteiger partial charge in [0.25, 0.3) is 0 Å². The molecule has 15 nitrogen and oxygen atoms in total. The first-order valence-electron chi connectivity index (χ1n) is 11.2. The molecule has 0 aliphatic carbocycles. The third kappa shape index (κ3) is 13.7. The van der Waals surface area contributed by atoms with E-state index in [4.69, 9.17) is 22.9 Å². The Balaban J connectivity index is 5.42. The molecule has 0 aliphatic rings. The van der Waals surface area contributed by atoms with Gasteiger partial charge in [-0.25, -0.2) is 4.79 Å². The Hall–Kier alpha value is -3.11. The normalized spacial score (nSPS) is 14.9.